The number of phenols is 4. The molecule has 334 valence electrons. The molecule has 0 heterocycles. The molecule has 5 rings (SSSR count). The quantitative estimate of drug-likeness (QED) is 0.0764. The van der Waals surface area contributed by atoms with Crippen molar-refractivity contribution in [3.63, 3.8) is 0 Å². The normalized spacial score (nSPS) is 14.6. The van der Waals surface area contributed by atoms with Crippen LogP contribution in [0.3, 0.4) is 0 Å². The second kappa shape index (κ2) is 16.5. The first-order valence-electron chi connectivity index (χ1n) is 21.4. The summed E-state index contributed by atoms with van der Waals surface area (Å²) in [6.45, 7) is 27.5. The van der Waals surface area contributed by atoms with E-state index in [2.05, 4.69) is 20.8 Å². The number of phenolic OH excluding ortho intramolecular Hbond substituents is 3. The van der Waals surface area contributed by atoms with E-state index in [1.165, 1.54) is 0 Å². The largest absolute Gasteiger partial charge is 0.507 e. The molecule has 6 N–H and O–H groups in total. The van der Waals surface area contributed by atoms with E-state index in [1.807, 2.05) is 131 Å². The molecule has 2 atom stereocenters. The summed E-state index contributed by atoms with van der Waals surface area (Å²) in [4.78, 5) is 0. The van der Waals surface area contributed by atoms with Crippen molar-refractivity contribution in [1.82, 2.24) is 0 Å². The Kier molecular flexibility index (Phi) is 12.7. The first kappa shape index (κ1) is 47.9. The highest BCUT2D eigenvalue weighted by molar-refractivity contribution is 5.68. The number of aliphatic hydroxyl groups is 2. The van der Waals surface area contributed by atoms with Crippen LogP contribution in [0.5, 0.6) is 34.5 Å². The minimum atomic E-state index is -1.33. The maximum Gasteiger partial charge on any atom is 0.125 e. The summed E-state index contributed by atoms with van der Waals surface area (Å²) in [6, 6.07) is 22.4. The van der Waals surface area contributed by atoms with E-state index >= 15 is 0 Å². The standard InChI is InChI=1S/C54H70O8/c1-49(2,3)35-22-32(30-56)45(57)42(24-35)54(14,44-28-37(62-16)26-40(48(44)60)52(10,11)12)34-19-17-18-33(23-34)53(13,41-21-31(29-55)20-38(46(41)58)50(4,5)6)43-27-36(61-15)25-39(47(43)59)51(7,8)9/h17-28,55-60H,29-30H2,1-16H3. The molecule has 0 bridgehead atoms. The molecule has 0 radical (unpaired) electrons. The molecule has 0 saturated heterocycles. The van der Waals surface area contributed by atoms with Crippen LogP contribution in [0.1, 0.15) is 164 Å². The van der Waals surface area contributed by atoms with Crippen molar-refractivity contribution in [2.45, 2.75) is 143 Å². The van der Waals surface area contributed by atoms with Gasteiger partial charge in [-0.25, -0.2) is 0 Å². The van der Waals surface area contributed by atoms with Crippen molar-refractivity contribution in [2.75, 3.05) is 14.2 Å². The van der Waals surface area contributed by atoms with Crippen molar-refractivity contribution in [3.05, 3.63) is 140 Å². The van der Waals surface area contributed by atoms with Crippen molar-refractivity contribution >= 4 is 0 Å². The summed E-state index contributed by atoms with van der Waals surface area (Å²) < 4.78 is 11.8. The smallest absolute Gasteiger partial charge is 0.125 e. The number of methoxy groups -OCH3 is 2. The van der Waals surface area contributed by atoms with Crippen molar-refractivity contribution in [1.29, 1.82) is 0 Å². The minimum absolute atomic E-state index is 0.0215. The predicted molar refractivity (Wildman–Crippen MR) is 250 cm³/mol. The molecule has 0 aliphatic heterocycles. The maximum atomic E-state index is 12.5. The van der Waals surface area contributed by atoms with E-state index in [9.17, 15) is 30.6 Å². The van der Waals surface area contributed by atoms with Crippen LogP contribution in [-0.2, 0) is 45.7 Å². The van der Waals surface area contributed by atoms with Crippen LogP contribution in [0.2, 0.25) is 0 Å². The summed E-state index contributed by atoms with van der Waals surface area (Å²) in [7, 11) is 3.16. The summed E-state index contributed by atoms with van der Waals surface area (Å²) in [6.07, 6.45) is 0. The van der Waals surface area contributed by atoms with Crippen LogP contribution in [0.25, 0.3) is 0 Å². The number of ether oxygens (including phenoxy) is 2. The van der Waals surface area contributed by atoms with Gasteiger partial charge in [0.2, 0.25) is 0 Å². The molecule has 5 aromatic carbocycles. The molecular formula is C54H70O8. The monoisotopic (exact) mass is 847 g/mol. The van der Waals surface area contributed by atoms with Gasteiger partial charge in [0.15, 0.2) is 0 Å². The lowest BCUT2D eigenvalue weighted by molar-refractivity contribution is 0.274. The summed E-state index contributed by atoms with van der Waals surface area (Å²) >= 11 is 0. The van der Waals surface area contributed by atoms with Gasteiger partial charge in [-0.05, 0) is 106 Å². The summed E-state index contributed by atoms with van der Waals surface area (Å²) in [5.74, 6) is 1.000. The summed E-state index contributed by atoms with van der Waals surface area (Å²) in [5, 5.41) is 71.4. The van der Waals surface area contributed by atoms with E-state index in [-0.39, 0.29) is 29.6 Å². The molecular weight excluding hydrogens is 777 g/mol. The van der Waals surface area contributed by atoms with Gasteiger partial charge >= 0.3 is 0 Å². The number of benzene rings is 5. The Morgan fingerprint density at radius 3 is 1.10 bits per heavy atom. The lowest BCUT2D eigenvalue weighted by Gasteiger charge is -2.39. The van der Waals surface area contributed by atoms with Gasteiger partial charge in [-0.3, -0.25) is 0 Å². The van der Waals surface area contributed by atoms with Gasteiger partial charge in [0, 0.05) is 49.8 Å². The molecule has 8 nitrogen and oxygen atoms in total. The molecule has 0 aliphatic rings. The van der Waals surface area contributed by atoms with Crippen LogP contribution >= 0.6 is 0 Å². The fourth-order valence-corrected chi connectivity index (χ4v) is 8.78. The van der Waals surface area contributed by atoms with Crippen LogP contribution in [0.15, 0.2) is 72.8 Å². The topological polar surface area (TPSA) is 140 Å². The highest BCUT2D eigenvalue weighted by Gasteiger charge is 2.44. The Morgan fingerprint density at radius 1 is 0.387 bits per heavy atom. The molecule has 62 heavy (non-hydrogen) atoms. The van der Waals surface area contributed by atoms with Crippen LogP contribution in [0, 0.1) is 0 Å². The average Bonchev–Trinajstić information content (AvgIpc) is 3.18. The second-order valence-corrected chi connectivity index (χ2v) is 21.4. The Morgan fingerprint density at radius 2 is 0.742 bits per heavy atom. The van der Waals surface area contributed by atoms with E-state index < -0.39 is 39.1 Å². The van der Waals surface area contributed by atoms with Crippen LogP contribution < -0.4 is 9.47 Å². The van der Waals surface area contributed by atoms with E-state index in [4.69, 9.17) is 9.47 Å². The van der Waals surface area contributed by atoms with Crippen molar-refractivity contribution < 1.29 is 40.1 Å². The predicted octanol–water partition coefficient (Wildman–Crippen LogP) is 11.4. The molecule has 0 amide bonds. The van der Waals surface area contributed by atoms with E-state index in [0.717, 1.165) is 5.56 Å². The number of aromatic hydroxyl groups is 4. The fourth-order valence-electron chi connectivity index (χ4n) is 8.78. The third kappa shape index (κ3) is 8.48. The number of hydrogen-bond donors (Lipinski definition) is 6. The molecule has 8 heteroatoms. The zero-order valence-electron chi connectivity index (χ0n) is 39.8. The Hall–Kier alpha value is -5.18. The maximum absolute atomic E-state index is 12.5. The highest BCUT2D eigenvalue weighted by atomic mass is 16.5. The highest BCUT2D eigenvalue weighted by Crippen LogP contribution is 2.55. The van der Waals surface area contributed by atoms with Crippen molar-refractivity contribution in [2.24, 2.45) is 0 Å². The molecule has 0 spiro atoms. The van der Waals surface area contributed by atoms with E-state index in [1.54, 1.807) is 32.4 Å². The van der Waals surface area contributed by atoms with Crippen LogP contribution in [0.4, 0.5) is 0 Å². The number of hydrogen-bond acceptors (Lipinski definition) is 8. The molecule has 2 unspecified atom stereocenters. The SMILES string of the molecule is COc1cc(C(C)(C)C)c(O)c(C(C)(c2cccc(C(C)(c3cc(CO)cc(C(C)(C)C)c3O)c3cc(OC)cc(C(C)(C)C)c3O)c2)c2cc(C(C)(C)C)cc(CO)c2O)c1. The van der Waals surface area contributed by atoms with Gasteiger partial charge in [0.25, 0.3) is 0 Å². The Bertz CT molecular complexity index is 2270. The molecule has 5 aromatic rings. The van der Waals surface area contributed by atoms with Gasteiger partial charge in [0.1, 0.15) is 34.5 Å². The average molecular weight is 847 g/mol. The zero-order valence-corrected chi connectivity index (χ0v) is 39.8. The number of aliphatic hydroxyl groups excluding tert-OH is 2. The third-order valence-corrected chi connectivity index (χ3v) is 12.8. The fraction of sp³-hybridized carbons (Fsp3) is 0.444. The third-order valence-electron chi connectivity index (χ3n) is 12.8. The van der Waals surface area contributed by atoms with Crippen LogP contribution in [-0.4, -0.2) is 44.9 Å². The minimum Gasteiger partial charge on any atom is -0.507 e. The van der Waals surface area contributed by atoms with E-state index in [0.29, 0.717) is 72.7 Å². The lowest BCUT2D eigenvalue weighted by atomic mass is 9.64. The number of rotatable bonds is 10. The first-order valence-corrected chi connectivity index (χ1v) is 21.4. The van der Waals surface area contributed by atoms with Gasteiger partial charge in [-0.2, -0.15) is 0 Å². The van der Waals surface area contributed by atoms with Gasteiger partial charge in [-0.1, -0.05) is 113 Å². The molecule has 0 aliphatic carbocycles. The van der Waals surface area contributed by atoms with Gasteiger partial charge < -0.3 is 40.1 Å². The Labute approximate surface area is 369 Å². The lowest BCUT2D eigenvalue weighted by Crippen LogP contribution is -2.31. The first-order chi connectivity index (χ1) is 28.5. The van der Waals surface area contributed by atoms with Crippen molar-refractivity contribution in [3.8, 4) is 34.5 Å². The van der Waals surface area contributed by atoms with Gasteiger partial charge in [-0.15, -0.1) is 0 Å². The molecule has 0 fully saturated rings. The Balaban J connectivity index is 2.08. The summed E-state index contributed by atoms with van der Waals surface area (Å²) in [5.41, 5.74) is 2.23. The molecule has 0 saturated carbocycles. The van der Waals surface area contributed by atoms with Gasteiger partial charge in [0.05, 0.1) is 27.4 Å². The zero-order chi connectivity index (χ0) is 46.7. The molecule has 0 aromatic heterocycles. The second-order valence-electron chi connectivity index (χ2n) is 21.4.